The largest absolute Gasteiger partial charge is 0.352 e. The molecule has 2 unspecified atom stereocenters. The van der Waals surface area contributed by atoms with E-state index in [1.807, 2.05) is 0 Å². The Morgan fingerprint density at radius 2 is 1.93 bits per heavy atom. The first kappa shape index (κ1) is 13.9. The van der Waals surface area contributed by atoms with Crippen LogP contribution in [0, 0.1) is 11.8 Å². The van der Waals surface area contributed by atoms with Crippen molar-refractivity contribution in [2.24, 2.45) is 11.8 Å². The summed E-state index contributed by atoms with van der Waals surface area (Å²) in [6.07, 6.45) is 1.71. The summed E-state index contributed by atoms with van der Waals surface area (Å²) >= 11 is 3.41. The summed E-state index contributed by atoms with van der Waals surface area (Å²) in [5.41, 5.74) is 0. The molecule has 14 heavy (non-hydrogen) atoms. The minimum atomic E-state index is 0.178. The van der Waals surface area contributed by atoms with Crippen LogP contribution in [-0.4, -0.2) is 17.3 Å². The molecule has 0 spiro atoms. The van der Waals surface area contributed by atoms with Crippen LogP contribution in [-0.2, 0) is 4.79 Å². The Bertz CT molecular complexity index is 171. The maximum atomic E-state index is 11.6. The van der Waals surface area contributed by atoms with Gasteiger partial charge in [-0.3, -0.25) is 4.79 Å². The van der Waals surface area contributed by atoms with Gasteiger partial charge in [0, 0.05) is 17.8 Å². The summed E-state index contributed by atoms with van der Waals surface area (Å²) in [6, 6.07) is 0.256. The zero-order valence-corrected chi connectivity index (χ0v) is 11.2. The first-order chi connectivity index (χ1) is 6.51. The quantitative estimate of drug-likeness (QED) is 0.734. The van der Waals surface area contributed by atoms with Crippen LogP contribution in [0.4, 0.5) is 0 Å². The highest BCUT2D eigenvalue weighted by atomic mass is 79.9. The molecule has 2 atom stereocenters. The van der Waals surface area contributed by atoms with Gasteiger partial charge in [0.2, 0.25) is 5.91 Å². The van der Waals surface area contributed by atoms with Crippen molar-refractivity contribution < 1.29 is 4.79 Å². The van der Waals surface area contributed by atoms with Gasteiger partial charge in [0.15, 0.2) is 0 Å². The molecule has 0 heterocycles. The van der Waals surface area contributed by atoms with Gasteiger partial charge in [-0.2, -0.15) is 0 Å². The summed E-state index contributed by atoms with van der Waals surface area (Å²) in [5.74, 6) is 1.14. The second-order valence-electron chi connectivity index (χ2n) is 4.29. The van der Waals surface area contributed by atoms with Gasteiger partial charge in [-0.05, 0) is 11.8 Å². The second-order valence-corrected chi connectivity index (χ2v) is 4.94. The van der Waals surface area contributed by atoms with E-state index in [2.05, 4.69) is 48.9 Å². The fourth-order valence-corrected chi connectivity index (χ4v) is 2.02. The molecule has 2 nitrogen and oxygen atoms in total. The van der Waals surface area contributed by atoms with Crippen LogP contribution < -0.4 is 5.32 Å². The number of alkyl halides is 1. The highest BCUT2D eigenvalue weighted by molar-refractivity contribution is 9.09. The average molecular weight is 264 g/mol. The maximum absolute atomic E-state index is 11.6. The number of hydrogen-bond acceptors (Lipinski definition) is 1. The zero-order valence-electron chi connectivity index (χ0n) is 9.64. The van der Waals surface area contributed by atoms with Crippen LogP contribution in [0.25, 0.3) is 0 Å². The van der Waals surface area contributed by atoms with Crippen LogP contribution in [0.5, 0.6) is 0 Å². The van der Waals surface area contributed by atoms with Crippen molar-refractivity contribution in [3.8, 4) is 0 Å². The van der Waals surface area contributed by atoms with Crippen molar-refractivity contribution in [2.45, 2.75) is 46.6 Å². The minimum absolute atomic E-state index is 0.178. The van der Waals surface area contributed by atoms with Crippen molar-refractivity contribution in [1.29, 1.82) is 0 Å². The highest BCUT2D eigenvalue weighted by Gasteiger charge is 2.15. The summed E-state index contributed by atoms with van der Waals surface area (Å²) in [7, 11) is 0. The van der Waals surface area contributed by atoms with Crippen LogP contribution in [0.1, 0.15) is 40.5 Å². The third kappa shape index (κ3) is 5.63. The molecule has 0 fully saturated rings. The maximum Gasteiger partial charge on any atom is 0.220 e. The molecule has 0 saturated carbocycles. The van der Waals surface area contributed by atoms with Gasteiger partial charge in [-0.25, -0.2) is 0 Å². The predicted molar refractivity (Wildman–Crippen MR) is 64.6 cm³/mol. The predicted octanol–water partition coefficient (Wildman–Crippen LogP) is 2.96. The molecule has 0 aliphatic rings. The van der Waals surface area contributed by atoms with Gasteiger partial charge in [-0.1, -0.05) is 50.0 Å². The lowest BCUT2D eigenvalue weighted by Crippen LogP contribution is -2.40. The first-order valence-corrected chi connectivity index (χ1v) is 6.48. The van der Waals surface area contributed by atoms with Gasteiger partial charge >= 0.3 is 0 Å². The van der Waals surface area contributed by atoms with Gasteiger partial charge in [-0.15, -0.1) is 0 Å². The lowest BCUT2D eigenvalue weighted by Gasteiger charge is -2.20. The van der Waals surface area contributed by atoms with Gasteiger partial charge in [0.1, 0.15) is 0 Å². The van der Waals surface area contributed by atoms with Gasteiger partial charge in [0.25, 0.3) is 0 Å². The van der Waals surface area contributed by atoms with E-state index < -0.39 is 0 Å². The van der Waals surface area contributed by atoms with E-state index >= 15 is 0 Å². The first-order valence-electron chi connectivity index (χ1n) is 5.36. The van der Waals surface area contributed by atoms with Crippen molar-refractivity contribution in [1.82, 2.24) is 5.32 Å². The minimum Gasteiger partial charge on any atom is -0.352 e. The topological polar surface area (TPSA) is 29.1 Å². The molecule has 84 valence electrons. The standard InChI is InChI=1S/C11H22BrNO/c1-5-9(4)6-11(14)13-10(7-12)8(2)3/h8-10H,5-7H2,1-4H3,(H,13,14). The molecule has 0 aromatic carbocycles. The molecule has 0 saturated heterocycles. The van der Waals surface area contributed by atoms with Crippen molar-refractivity contribution in [3.63, 3.8) is 0 Å². The molecule has 1 amide bonds. The number of halogens is 1. The molecule has 0 aromatic heterocycles. The smallest absolute Gasteiger partial charge is 0.220 e. The summed E-state index contributed by atoms with van der Waals surface area (Å²) in [6.45, 7) is 8.46. The summed E-state index contributed by atoms with van der Waals surface area (Å²) in [4.78, 5) is 11.6. The van der Waals surface area contributed by atoms with Crippen molar-refractivity contribution in [2.75, 3.05) is 5.33 Å². The van der Waals surface area contributed by atoms with Crippen molar-refractivity contribution in [3.05, 3.63) is 0 Å². The second kappa shape index (κ2) is 7.27. The van der Waals surface area contributed by atoms with Crippen molar-refractivity contribution >= 4 is 21.8 Å². The monoisotopic (exact) mass is 263 g/mol. The molecule has 0 bridgehead atoms. The van der Waals surface area contributed by atoms with Gasteiger partial charge in [0.05, 0.1) is 0 Å². The Labute approximate surface area is 96.0 Å². The molecule has 0 rings (SSSR count). The third-order valence-corrected chi connectivity index (χ3v) is 3.25. The van der Waals surface area contributed by atoms with Crippen LogP contribution >= 0.6 is 15.9 Å². The Morgan fingerprint density at radius 3 is 2.29 bits per heavy atom. The van der Waals surface area contributed by atoms with E-state index in [1.54, 1.807) is 0 Å². The highest BCUT2D eigenvalue weighted by Crippen LogP contribution is 2.09. The molecule has 0 aromatic rings. The van der Waals surface area contributed by atoms with E-state index in [0.717, 1.165) is 11.8 Å². The van der Waals surface area contributed by atoms with E-state index in [-0.39, 0.29) is 11.9 Å². The van der Waals surface area contributed by atoms with Gasteiger partial charge < -0.3 is 5.32 Å². The van der Waals surface area contributed by atoms with Crippen LogP contribution in [0.15, 0.2) is 0 Å². The fourth-order valence-electron chi connectivity index (χ4n) is 1.11. The normalized spacial score (nSPS) is 15.3. The average Bonchev–Trinajstić information content (AvgIpc) is 2.13. The van der Waals surface area contributed by atoms with E-state index in [4.69, 9.17) is 0 Å². The number of nitrogens with one attached hydrogen (secondary N) is 1. The molecule has 3 heteroatoms. The molecule has 0 aliphatic carbocycles. The Balaban J connectivity index is 3.91. The summed E-state index contributed by atoms with van der Waals surface area (Å²) < 4.78 is 0. The zero-order chi connectivity index (χ0) is 11.1. The molecule has 0 aliphatic heterocycles. The lowest BCUT2D eigenvalue weighted by molar-refractivity contribution is -0.122. The van der Waals surface area contributed by atoms with Crippen LogP contribution in [0.3, 0.4) is 0 Å². The Hall–Kier alpha value is -0.0500. The number of rotatable bonds is 6. The van der Waals surface area contributed by atoms with Crippen LogP contribution in [0.2, 0.25) is 0 Å². The Morgan fingerprint density at radius 1 is 1.36 bits per heavy atom. The van der Waals surface area contributed by atoms with E-state index in [1.165, 1.54) is 0 Å². The SMILES string of the molecule is CCC(C)CC(=O)NC(CBr)C(C)C. The number of hydrogen-bond donors (Lipinski definition) is 1. The molecular formula is C11H22BrNO. The Kier molecular flexibility index (Phi) is 7.24. The fraction of sp³-hybridized carbons (Fsp3) is 0.909. The third-order valence-electron chi connectivity index (χ3n) is 2.55. The number of carbonyl (C=O) groups excluding carboxylic acids is 1. The lowest BCUT2D eigenvalue weighted by atomic mass is 10.0. The molecular weight excluding hydrogens is 242 g/mol. The van der Waals surface area contributed by atoms with E-state index in [0.29, 0.717) is 18.3 Å². The van der Waals surface area contributed by atoms with E-state index in [9.17, 15) is 4.79 Å². The summed E-state index contributed by atoms with van der Waals surface area (Å²) in [5, 5.41) is 3.88. The number of amides is 1. The molecule has 0 radical (unpaired) electrons. The number of carbonyl (C=O) groups is 1. The molecule has 1 N–H and O–H groups in total.